The van der Waals surface area contributed by atoms with Gasteiger partial charge < -0.3 is 15.5 Å². The first kappa shape index (κ1) is 17.5. The molecule has 0 unspecified atom stereocenters. The van der Waals surface area contributed by atoms with Gasteiger partial charge >= 0.3 is 6.03 Å². The molecular formula is C18H22N4O2. The van der Waals surface area contributed by atoms with Crippen LogP contribution in [0.2, 0.25) is 0 Å². The third-order valence-electron chi connectivity index (χ3n) is 3.56. The molecule has 2 aromatic rings. The summed E-state index contributed by atoms with van der Waals surface area (Å²) in [4.78, 5) is 29.5. The second kappa shape index (κ2) is 8.10. The van der Waals surface area contributed by atoms with Crippen LogP contribution in [-0.2, 0) is 11.3 Å². The molecule has 0 aliphatic rings. The summed E-state index contributed by atoms with van der Waals surface area (Å²) in [6, 6.07) is 9.23. The number of aryl methyl sites for hydroxylation is 2. The Hall–Kier alpha value is -2.89. The Labute approximate surface area is 141 Å². The van der Waals surface area contributed by atoms with E-state index in [1.807, 2.05) is 44.2 Å². The van der Waals surface area contributed by atoms with Gasteiger partial charge in [-0.05, 0) is 42.7 Å². The fourth-order valence-electron chi connectivity index (χ4n) is 2.16. The predicted octanol–water partition coefficient (Wildman–Crippen LogP) is 2.48. The average Bonchev–Trinajstić information content (AvgIpc) is 2.56. The highest BCUT2D eigenvalue weighted by atomic mass is 16.2. The summed E-state index contributed by atoms with van der Waals surface area (Å²) in [5.74, 6) is -0.234. The van der Waals surface area contributed by atoms with Crippen LogP contribution in [0.25, 0.3) is 0 Å². The van der Waals surface area contributed by atoms with Crippen molar-refractivity contribution in [2.75, 3.05) is 18.9 Å². The number of hydrogen-bond donors (Lipinski definition) is 2. The lowest BCUT2D eigenvalue weighted by Crippen LogP contribution is -2.41. The van der Waals surface area contributed by atoms with Gasteiger partial charge in [-0.1, -0.05) is 18.2 Å². The van der Waals surface area contributed by atoms with Crippen LogP contribution in [0.3, 0.4) is 0 Å². The van der Waals surface area contributed by atoms with E-state index in [2.05, 4.69) is 15.6 Å². The number of urea groups is 1. The molecule has 24 heavy (non-hydrogen) atoms. The van der Waals surface area contributed by atoms with E-state index < -0.39 is 0 Å². The first-order chi connectivity index (χ1) is 11.5. The van der Waals surface area contributed by atoms with Crippen molar-refractivity contribution < 1.29 is 9.59 Å². The maximum absolute atomic E-state index is 12.1. The van der Waals surface area contributed by atoms with Gasteiger partial charge in [0.25, 0.3) is 0 Å². The number of nitrogens with zero attached hydrogens (tertiary/aromatic N) is 2. The molecule has 0 aliphatic heterocycles. The lowest BCUT2D eigenvalue weighted by Gasteiger charge is -2.18. The zero-order chi connectivity index (χ0) is 17.5. The zero-order valence-electron chi connectivity index (χ0n) is 14.2. The molecule has 126 valence electrons. The number of hydrogen-bond acceptors (Lipinski definition) is 3. The third-order valence-corrected chi connectivity index (χ3v) is 3.56. The van der Waals surface area contributed by atoms with Crippen LogP contribution in [-0.4, -0.2) is 35.4 Å². The first-order valence-corrected chi connectivity index (χ1v) is 7.70. The lowest BCUT2D eigenvalue weighted by molar-refractivity contribution is -0.116. The van der Waals surface area contributed by atoms with E-state index in [0.29, 0.717) is 6.54 Å². The van der Waals surface area contributed by atoms with Crippen molar-refractivity contribution in [3.63, 3.8) is 0 Å². The number of carbonyl (C=O) groups is 2. The molecule has 6 heteroatoms. The van der Waals surface area contributed by atoms with Crippen molar-refractivity contribution in [1.29, 1.82) is 0 Å². The quantitative estimate of drug-likeness (QED) is 0.886. The van der Waals surface area contributed by atoms with Crippen molar-refractivity contribution in [1.82, 2.24) is 15.2 Å². The topological polar surface area (TPSA) is 74.3 Å². The third kappa shape index (κ3) is 5.08. The van der Waals surface area contributed by atoms with Gasteiger partial charge in [-0.3, -0.25) is 9.78 Å². The Morgan fingerprint density at radius 3 is 2.71 bits per heavy atom. The highest BCUT2D eigenvalue weighted by molar-refractivity contribution is 5.94. The number of likely N-dealkylation sites (N-methyl/N-ethyl adjacent to an activating group) is 1. The molecule has 1 heterocycles. The largest absolute Gasteiger partial charge is 0.334 e. The number of amides is 3. The van der Waals surface area contributed by atoms with Gasteiger partial charge in [-0.15, -0.1) is 0 Å². The molecule has 0 spiro atoms. The maximum Gasteiger partial charge on any atom is 0.317 e. The van der Waals surface area contributed by atoms with Crippen molar-refractivity contribution >= 4 is 17.6 Å². The Morgan fingerprint density at radius 1 is 1.21 bits per heavy atom. The Morgan fingerprint density at radius 2 is 2.00 bits per heavy atom. The van der Waals surface area contributed by atoms with E-state index in [1.54, 1.807) is 19.4 Å². The van der Waals surface area contributed by atoms with Crippen LogP contribution < -0.4 is 10.6 Å². The van der Waals surface area contributed by atoms with Crippen molar-refractivity contribution in [3.05, 3.63) is 59.4 Å². The summed E-state index contributed by atoms with van der Waals surface area (Å²) < 4.78 is 0. The highest BCUT2D eigenvalue weighted by Gasteiger charge is 2.13. The van der Waals surface area contributed by atoms with Crippen molar-refractivity contribution in [2.24, 2.45) is 0 Å². The molecule has 3 amide bonds. The molecule has 0 bridgehead atoms. The lowest BCUT2D eigenvalue weighted by atomic mass is 10.1. The number of pyridine rings is 1. The van der Waals surface area contributed by atoms with Crippen LogP contribution in [0.1, 0.15) is 16.7 Å². The fourth-order valence-corrected chi connectivity index (χ4v) is 2.16. The number of benzene rings is 1. The minimum absolute atomic E-state index is 0.0216. The molecule has 0 aliphatic carbocycles. The number of rotatable bonds is 5. The zero-order valence-corrected chi connectivity index (χ0v) is 14.2. The van der Waals surface area contributed by atoms with E-state index in [0.717, 1.165) is 22.4 Å². The van der Waals surface area contributed by atoms with Crippen molar-refractivity contribution in [3.8, 4) is 0 Å². The second-order valence-electron chi connectivity index (χ2n) is 5.74. The van der Waals surface area contributed by atoms with Crippen LogP contribution in [0, 0.1) is 13.8 Å². The minimum Gasteiger partial charge on any atom is -0.334 e. The summed E-state index contributed by atoms with van der Waals surface area (Å²) in [7, 11) is 1.58. The summed E-state index contributed by atoms with van der Waals surface area (Å²) in [6.07, 6.45) is 3.36. The SMILES string of the molecule is Cc1ccc(C)c(NC(=O)CN(C)C(=O)NCc2cccnc2)c1. The minimum atomic E-state index is -0.310. The monoisotopic (exact) mass is 326 g/mol. The number of carbonyl (C=O) groups excluding carboxylic acids is 2. The molecule has 0 atom stereocenters. The standard InChI is InChI=1S/C18H22N4O2/c1-13-6-7-14(2)16(9-13)21-17(23)12-22(3)18(24)20-11-15-5-4-8-19-10-15/h4-10H,11-12H2,1-3H3,(H,20,24)(H,21,23). The maximum atomic E-state index is 12.1. The first-order valence-electron chi connectivity index (χ1n) is 7.70. The van der Waals surface area contributed by atoms with Gasteiger partial charge in [0.1, 0.15) is 6.54 Å². The molecule has 1 aromatic carbocycles. The summed E-state index contributed by atoms with van der Waals surface area (Å²) >= 11 is 0. The van der Waals surface area contributed by atoms with E-state index in [-0.39, 0.29) is 18.5 Å². The number of anilines is 1. The van der Waals surface area contributed by atoms with Gasteiger partial charge in [-0.2, -0.15) is 0 Å². The molecule has 0 saturated heterocycles. The van der Waals surface area contributed by atoms with E-state index in [9.17, 15) is 9.59 Å². The van der Waals surface area contributed by atoms with Gasteiger partial charge in [0, 0.05) is 31.7 Å². The van der Waals surface area contributed by atoms with Crippen LogP contribution in [0.5, 0.6) is 0 Å². The van der Waals surface area contributed by atoms with Gasteiger partial charge in [0.05, 0.1) is 0 Å². The second-order valence-corrected chi connectivity index (χ2v) is 5.74. The van der Waals surface area contributed by atoms with E-state index >= 15 is 0 Å². The molecular weight excluding hydrogens is 304 g/mol. The number of aromatic nitrogens is 1. The molecule has 6 nitrogen and oxygen atoms in total. The Balaban J connectivity index is 1.84. The molecule has 1 aromatic heterocycles. The molecule has 2 N–H and O–H groups in total. The number of nitrogens with one attached hydrogen (secondary N) is 2. The van der Waals surface area contributed by atoms with Crippen LogP contribution >= 0.6 is 0 Å². The normalized spacial score (nSPS) is 10.1. The summed E-state index contributed by atoms with van der Waals surface area (Å²) in [5.41, 5.74) is 3.72. The summed E-state index contributed by atoms with van der Waals surface area (Å²) in [6.45, 7) is 4.24. The van der Waals surface area contributed by atoms with Gasteiger partial charge in [-0.25, -0.2) is 4.79 Å². The van der Waals surface area contributed by atoms with Crippen LogP contribution in [0.15, 0.2) is 42.7 Å². The molecule has 0 saturated carbocycles. The van der Waals surface area contributed by atoms with E-state index in [1.165, 1.54) is 4.90 Å². The smallest absolute Gasteiger partial charge is 0.317 e. The fraction of sp³-hybridized carbons (Fsp3) is 0.278. The van der Waals surface area contributed by atoms with E-state index in [4.69, 9.17) is 0 Å². The van der Waals surface area contributed by atoms with Gasteiger partial charge in [0.2, 0.25) is 5.91 Å². The molecule has 2 rings (SSSR count). The van der Waals surface area contributed by atoms with Crippen LogP contribution in [0.4, 0.5) is 10.5 Å². The van der Waals surface area contributed by atoms with Gasteiger partial charge in [0.15, 0.2) is 0 Å². The Bertz CT molecular complexity index is 716. The Kier molecular flexibility index (Phi) is 5.89. The summed E-state index contributed by atoms with van der Waals surface area (Å²) in [5, 5.41) is 5.60. The molecule has 0 radical (unpaired) electrons. The molecule has 0 fully saturated rings. The average molecular weight is 326 g/mol. The van der Waals surface area contributed by atoms with Crippen molar-refractivity contribution in [2.45, 2.75) is 20.4 Å². The highest BCUT2D eigenvalue weighted by Crippen LogP contribution is 2.16. The predicted molar refractivity (Wildman–Crippen MR) is 93.6 cm³/mol.